The highest BCUT2D eigenvalue weighted by atomic mass is 31.2. The van der Waals surface area contributed by atoms with E-state index in [4.69, 9.17) is 13.8 Å². The average Bonchev–Trinajstić information content (AvgIpc) is 3.02. The minimum atomic E-state index is -4.41. The maximum absolute atomic E-state index is 12.0. The van der Waals surface area contributed by atoms with Gasteiger partial charge < -0.3 is 20.1 Å². The van der Waals surface area contributed by atoms with E-state index in [0.717, 1.165) is 64.2 Å². The van der Waals surface area contributed by atoms with Crippen molar-refractivity contribution in [3.8, 4) is 0 Å². The Bertz CT molecular complexity index is 805. The maximum Gasteiger partial charge on any atom is 0.472 e. The molecule has 2 atom stereocenters. The van der Waals surface area contributed by atoms with E-state index < -0.39 is 26.5 Å². The number of ether oxygens (including phenoxy) is 1. The summed E-state index contributed by atoms with van der Waals surface area (Å²) in [5.41, 5.74) is 0. The first kappa shape index (κ1) is 43.5. The van der Waals surface area contributed by atoms with Crippen LogP contribution < -0.4 is 5.32 Å². The van der Waals surface area contributed by atoms with E-state index in [1.807, 2.05) is 0 Å². The van der Waals surface area contributed by atoms with Gasteiger partial charge in [0.1, 0.15) is 12.7 Å². The zero-order chi connectivity index (χ0) is 33.3. The van der Waals surface area contributed by atoms with Crippen LogP contribution in [0.25, 0.3) is 0 Å². The zero-order valence-electron chi connectivity index (χ0n) is 28.6. The number of phosphoric ester groups is 1. The predicted octanol–water partition coefficient (Wildman–Crippen LogP) is 8.87. The van der Waals surface area contributed by atoms with E-state index in [9.17, 15) is 24.2 Å². The van der Waals surface area contributed by atoms with Crippen molar-refractivity contribution in [2.75, 3.05) is 26.4 Å². The van der Waals surface area contributed by atoms with E-state index in [1.165, 1.54) is 64.2 Å². The molecular weight excluding hydrogens is 593 g/mol. The SMILES string of the molecule is CCCCC/C=C\C/C=C\CCCCCCCC(=O)NCCOP(=O)(O)OCC(O)COC(=O)CCCCCCCCCCC. The number of unbranched alkanes of at least 4 members (excludes halogenated alkanes) is 16. The summed E-state index contributed by atoms with van der Waals surface area (Å²) in [6.07, 6.45) is 31.1. The largest absolute Gasteiger partial charge is 0.472 e. The van der Waals surface area contributed by atoms with Crippen molar-refractivity contribution < 1.29 is 37.9 Å². The molecule has 10 heteroatoms. The number of nitrogens with one attached hydrogen (secondary N) is 1. The van der Waals surface area contributed by atoms with Crippen molar-refractivity contribution >= 4 is 19.7 Å². The molecule has 0 saturated heterocycles. The number of hydrogen-bond donors (Lipinski definition) is 3. The average molecular weight is 660 g/mol. The van der Waals surface area contributed by atoms with Crippen LogP contribution >= 0.6 is 7.82 Å². The number of hydrogen-bond acceptors (Lipinski definition) is 7. The van der Waals surface area contributed by atoms with Gasteiger partial charge in [-0.05, 0) is 44.9 Å². The second-order valence-corrected chi connectivity index (χ2v) is 13.3. The van der Waals surface area contributed by atoms with E-state index >= 15 is 0 Å². The number of allylic oxidation sites excluding steroid dienone is 4. The third-order valence-corrected chi connectivity index (χ3v) is 8.37. The Balaban J connectivity index is 3.66. The zero-order valence-corrected chi connectivity index (χ0v) is 29.5. The lowest BCUT2D eigenvalue weighted by atomic mass is 10.1. The van der Waals surface area contributed by atoms with Crippen LogP contribution in [0.4, 0.5) is 0 Å². The van der Waals surface area contributed by atoms with Crippen LogP contribution in [0, 0.1) is 0 Å². The lowest BCUT2D eigenvalue weighted by molar-refractivity contribution is -0.147. The first-order valence-electron chi connectivity index (χ1n) is 17.8. The Morgan fingerprint density at radius 3 is 1.82 bits per heavy atom. The highest BCUT2D eigenvalue weighted by Crippen LogP contribution is 2.42. The molecule has 0 aromatic rings. The lowest BCUT2D eigenvalue weighted by Crippen LogP contribution is -2.27. The molecule has 0 radical (unpaired) electrons. The van der Waals surface area contributed by atoms with Crippen molar-refractivity contribution in [3.63, 3.8) is 0 Å². The third kappa shape index (κ3) is 33.7. The van der Waals surface area contributed by atoms with Crippen molar-refractivity contribution in [2.45, 2.75) is 161 Å². The molecule has 0 aliphatic carbocycles. The smallest absolute Gasteiger partial charge is 0.463 e. The quantitative estimate of drug-likeness (QED) is 0.0276. The number of aliphatic hydroxyl groups excluding tert-OH is 1. The van der Waals surface area contributed by atoms with Crippen LogP contribution in [0.3, 0.4) is 0 Å². The second-order valence-electron chi connectivity index (χ2n) is 11.8. The molecule has 0 heterocycles. The lowest BCUT2D eigenvalue weighted by Gasteiger charge is -2.15. The number of rotatable bonds is 33. The van der Waals surface area contributed by atoms with Crippen molar-refractivity contribution in [3.05, 3.63) is 24.3 Å². The minimum Gasteiger partial charge on any atom is -0.463 e. The highest BCUT2D eigenvalue weighted by molar-refractivity contribution is 7.47. The molecule has 264 valence electrons. The van der Waals surface area contributed by atoms with Crippen molar-refractivity contribution in [1.82, 2.24) is 5.32 Å². The number of carbonyl (C=O) groups excluding carboxylic acids is 2. The number of carbonyl (C=O) groups is 2. The summed E-state index contributed by atoms with van der Waals surface area (Å²) in [5.74, 6) is -0.534. The standard InChI is InChI=1S/C35H66NO8P/c1-3-5-7-9-11-13-14-15-16-17-18-20-21-23-25-27-34(38)36-29-30-43-45(40,41)44-32-33(37)31-42-35(39)28-26-24-22-19-12-10-8-6-4-2/h11,13,15-16,33,37H,3-10,12,14,17-32H2,1-2H3,(H,36,38)(H,40,41)/b13-11-,16-15-. The fourth-order valence-electron chi connectivity index (χ4n) is 4.64. The van der Waals surface area contributed by atoms with Gasteiger partial charge in [-0.2, -0.15) is 0 Å². The molecule has 0 aliphatic rings. The normalized spacial score (nSPS) is 13.8. The van der Waals surface area contributed by atoms with Crippen molar-refractivity contribution in [2.24, 2.45) is 0 Å². The Morgan fingerprint density at radius 1 is 0.689 bits per heavy atom. The fraction of sp³-hybridized carbons (Fsp3) is 0.829. The molecule has 0 aromatic heterocycles. The number of aliphatic hydroxyl groups is 1. The van der Waals surface area contributed by atoms with Crippen molar-refractivity contribution in [1.29, 1.82) is 0 Å². The van der Waals surface area contributed by atoms with Gasteiger partial charge >= 0.3 is 13.8 Å². The molecule has 9 nitrogen and oxygen atoms in total. The monoisotopic (exact) mass is 659 g/mol. The Kier molecular flexibility index (Phi) is 31.3. The van der Waals surface area contributed by atoms with Gasteiger partial charge in [-0.15, -0.1) is 0 Å². The number of esters is 1. The molecule has 0 aliphatic heterocycles. The third-order valence-electron chi connectivity index (χ3n) is 7.38. The van der Waals surface area contributed by atoms with Crippen LogP contribution in [0.2, 0.25) is 0 Å². The Morgan fingerprint density at radius 2 is 1.20 bits per heavy atom. The second kappa shape index (κ2) is 32.4. The Labute approximate surface area is 274 Å². The van der Waals surface area contributed by atoms with Crippen LogP contribution in [0.5, 0.6) is 0 Å². The van der Waals surface area contributed by atoms with Gasteiger partial charge in [0, 0.05) is 19.4 Å². The van der Waals surface area contributed by atoms with Crippen LogP contribution in [-0.2, 0) is 27.9 Å². The summed E-state index contributed by atoms with van der Waals surface area (Å²) >= 11 is 0. The molecule has 1 amide bonds. The van der Waals surface area contributed by atoms with Gasteiger partial charge in [-0.3, -0.25) is 18.6 Å². The molecular formula is C35H66NO8P. The topological polar surface area (TPSA) is 131 Å². The van der Waals surface area contributed by atoms with E-state index in [2.05, 4.69) is 43.5 Å². The van der Waals surface area contributed by atoms with Gasteiger partial charge in [-0.1, -0.05) is 122 Å². The highest BCUT2D eigenvalue weighted by Gasteiger charge is 2.23. The van der Waals surface area contributed by atoms with Gasteiger partial charge in [0.05, 0.1) is 13.2 Å². The fourth-order valence-corrected chi connectivity index (χ4v) is 5.40. The molecule has 2 unspecified atom stereocenters. The summed E-state index contributed by atoms with van der Waals surface area (Å²) in [6, 6.07) is 0. The van der Waals surface area contributed by atoms with Gasteiger partial charge in [0.2, 0.25) is 5.91 Å². The summed E-state index contributed by atoms with van der Waals surface area (Å²) in [6.45, 7) is 3.46. The first-order chi connectivity index (χ1) is 21.8. The number of phosphoric acid groups is 1. The van der Waals surface area contributed by atoms with Crippen LogP contribution in [0.1, 0.15) is 155 Å². The summed E-state index contributed by atoms with van der Waals surface area (Å²) in [7, 11) is -4.41. The molecule has 45 heavy (non-hydrogen) atoms. The summed E-state index contributed by atoms with van der Waals surface area (Å²) < 4.78 is 26.7. The molecule has 0 bridgehead atoms. The predicted molar refractivity (Wildman–Crippen MR) is 183 cm³/mol. The molecule has 3 N–H and O–H groups in total. The molecule has 0 rings (SSSR count). The van der Waals surface area contributed by atoms with Gasteiger partial charge in [0.25, 0.3) is 0 Å². The molecule has 0 aromatic carbocycles. The molecule has 0 saturated carbocycles. The summed E-state index contributed by atoms with van der Waals surface area (Å²) in [4.78, 5) is 33.6. The van der Waals surface area contributed by atoms with Crippen LogP contribution in [0.15, 0.2) is 24.3 Å². The minimum absolute atomic E-state index is 0.0754. The first-order valence-corrected chi connectivity index (χ1v) is 19.3. The van der Waals surface area contributed by atoms with E-state index in [1.54, 1.807) is 0 Å². The Hall–Kier alpha value is -1.51. The summed E-state index contributed by atoms with van der Waals surface area (Å²) in [5, 5.41) is 12.6. The van der Waals surface area contributed by atoms with E-state index in [-0.39, 0.29) is 32.1 Å². The molecule has 0 spiro atoms. The maximum atomic E-state index is 12.0. The van der Waals surface area contributed by atoms with Gasteiger partial charge in [0.15, 0.2) is 0 Å². The van der Waals surface area contributed by atoms with E-state index in [0.29, 0.717) is 6.42 Å². The number of amides is 1. The van der Waals surface area contributed by atoms with Crippen LogP contribution in [-0.4, -0.2) is 54.3 Å². The molecule has 0 fully saturated rings. The van der Waals surface area contributed by atoms with Gasteiger partial charge in [-0.25, -0.2) is 4.57 Å².